The molecule has 0 saturated heterocycles. The van der Waals surface area contributed by atoms with Crippen molar-refractivity contribution in [1.29, 1.82) is 0 Å². The number of benzene rings is 1. The van der Waals surface area contributed by atoms with Crippen molar-refractivity contribution < 1.29 is 13.2 Å². The summed E-state index contributed by atoms with van der Waals surface area (Å²) in [4.78, 5) is 0. The molecule has 0 aliphatic heterocycles. The van der Waals surface area contributed by atoms with E-state index in [4.69, 9.17) is 11.6 Å². The van der Waals surface area contributed by atoms with Gasteiger partial charge in [0, 0.05) is 4.47 Å². The normalized spacial score (nSPS) is 13.5. The summed E-state index contributed by atoms with van der Waals surface area (Å²) >= 11 is 9.04. The average Bonchev–Trinajstić information content (AvgIpc) is 2.86. The summed E-state index contributed by atoms with van der Waals surface area (Å²) in [7, 11) is 0. The van der Waals surface area contributed by atoms with Gasteiger partial charge in [0.1, 0.15) is 5.69 Å². The lowest BCUT2D eigenvalue weighted by Gasteiger charge is -2.12. The summed E-state index contributed by atoms with van der Waals surface area (Å²) in [5.74, 6) is 0. The van der Waals surface area contributed by atoms with Gasteiger partial charge in [-0.25, -0.2) is 4.68 Å². The van der Waals surface area contributed by atoms with Crippen molar-refractivity contribution in [3.63, 3.8) is 0 Å². The van der Waals surface area contributed by atoms with Gasteiger partial charge in [-0.05, 0) is 24.6 Å². The molecule has 1 heterocycles. The minimum absolute atomic E-state index is 0.0839. The van der Waals surface area contributed by atoms with Crippen molar-refractivity contribution in [2.45, 2.75) is 24.9 Å². The molecule has 1 unspecified atom stereocenters. The molecule has 1 atom stereocenters. The molecule has 3 nitrogen and oxygen atoms in total. The van der Waals surface area contributed by atoms with Gasteiger partial charge in [-0.3, -0.25) is 0 Å². The van der Waals surface area contributed by atoms with E-state index in [0.717, 1.165) is 10.7 Å². The molecule has 20 heavy (non-hydrogen) atoms. The fourth-order valence-electron chi connectivity index (χ4n) is 1.68. The molecule has 0 spiro atoms. The second-order valence-corrected chi connectivity index (χ2v) is 5.57. The highest BCUT2D eigenvalue weighted by molar-refractivity contribution is 9.10. The third-order valence-electron chi connectivity index (χ3n) is 2.70. The Labute approximate surface area is 126 Å². The first-order valence-corrected chi connectivity index (χ1v) is 6.99. The van der Waals surface area contributed by atoms with Crippen LogP contribution in [0.25, 0.3) is 5.69 Å². The van der Waals surface area contributed by atoms with Gasteiger partial charge >= 0.3 is 6.18 Å². The predicted octanol–water partition coefficient (Wildman–Crippen LogP) is 4.74. The maximum absolute atomic E-state index is 13.0. The molecule has 0 bridgehead atoms. The zero-order valence-electron chi connectivity index (χ0n) is 10.3. The maximum Gasteiger partial charge on any atom is 0.418 e. The number of halogens is 5. The van der Waals surface area contributed by atoms with Crippen LogP contribution in [0.5, 0.6) is 0 Å². The van der Waals surface area contributed by atoms with E-state index < -0.39 is 11.7 Å². The van der Waals surface area contributed by atoms with Gasteiger partial charge in [0.15, 0.2) is 0 Å². The molecule has 108 valence electrons. The molecule has 0 amide bonds. The summed E-state index contributed by atoms with van der Waals surface area (Å²) in [5.41, 5.74) is -0.421. The van der Waals surface area contributed by atoms with E-state index in [9.17, 15) is 13.2 Å². The Morgan fingerprint density at radius 1 is 1.40 bits per heavy atom. The Kier molecular flexibility index (Phi) is 4.39. The minimum Gasteiger partial charge on any atom is -0.220 e. The lowest BCUT2D eigenvalue weighted by Crippen LogP contribution is -2.11. The summed E-state index contributed by atoms with van der Waals surface area (Å²) in [5, 5.41) is 7.17. The second-order valence-electron chi connectivity index (χ2n) is 4.12. The number of alkyl halides is 4. The van der Waals surface area contributed by atoms with Crippen LogP contribution in [-0.4, -0.2) is 15.0 Å². The summed E-state index contributed by atoms with van der Waals surface area (Å²) < 4.78 is 40.5. The second kappa shape index (κ2) is 5.73. The van der Waals surface area contributed by atoms with Gasteiger partial charge in [0.05, 0.1) is 22.8 Å². The van der Waals surface area contributed by atoms with Gasteiger partial charge in [-0.1, -0.05) is 28.1 Å². The van der Waals surface area contributed by atoms with Crippen molar-refractivity contribution in [3.05, 3.63) is 40.1 Å². The van der Waals surface area contributed by atoms with Crippen molar-refractivity contribution in [2.75, 3.05) is 0 Å². The number of rotatable bonds is 3. The summed E-state index contributed by atoms with van der Waals surface area (Å²) in [6.45, 7) is 1.86. The maximum atomic E-state index is 13.0. The van der Waals surface area contributed by atoms with E-state index in [-0.39, 0.29) is 11.1 Å². The van der Waals surface area contributed by atoms with E-state index in [1.165, 1.54) is 18.3 Å². The molecule has 0 radical (unpaired) electrons. The topological polar surface area (TPSA) is 30.7 Å². The van der Waals surface area contributed by atoms with Crippen LogP contribution < -0.4 is 0 Å². The van der Waals surface area contributed by atoms with Crippen molar-refractivity contribution in [1.82, 2.24) is 15.0 Å². The van der Waals surface area contributed by atoms with Crippen LogP contribution in [0.2, 0.25) is 0 Å². The number of nitrogens with zero attached hydrogens (tertiary/aromatic N) is 3. The summed E-state index contributed by atoms with van der Waals surface area (Å²) in [6.07, 6.45) is -2.44. The highest BCUT2D eigenvalue weighted by Gasteiger charge is 2.34. The quantitative estimate of drug-likeness (QED) is 0.733. The standard InChI is InChI=1S/C12H10BrClF3N3/c1-2-9(14)10-6-20(19-18-10)11-4-3-7(13)5-8(11)12(15,16)17/h3-6,9H,2H2,1H3. The van der Waals surface area contributed by atoms with Crippen molar-refractivity contribution >= 4 is 27.5 Å². The van der Waals surface area contributed by atoms with Crippen LogP contribution in [0.15, 0.2) is 28.9 Å². The van der Waals surface area contributed by atoms with Gasteiger partial charge < -0.3 is 0 Å². The minimum atomic E-state index is -4.48. The van der Waals surface area contributed by atoms with Gasteiger partial charge in [0.2, 0.25) is 0 Å². The van der Waals surface area contributed by atoms with Crippen LogP contribution >= 0.6 is 27.5 Å². The Balaban J connectivity index is 2.50. The van der Waals surface area contributed by atoms with Crippen LogP contribution in [0.3, 0.4) is 0 Å². The number of hydrogen-bond acceptors (Lipinski definition) is 2. The van der Waals surface area contributed by atoms with Crippen LogP contribution in [0, 0.1) is 0 Å². The summed E-state index contributed by atoms with van der Waals surface area (Å²) in [6, 6.07) is 3.86. The SMILES string of the molecule is CCC(Cl)c1cn(-c2ccc(Br)cc2C(F)(F)F)nn1. The fourth-order valence-corrected chi connectivity index (χ4v) is 2.14. The molecule has 0 aliphatic rings. The lowest BCUT2D eigenvalue weighted by atomic mass is 10.1. The lowest BCUT2D eigenvalue weighted by molar-refractivity contribution is -0.137. The molecule has 0 saturated carbocycles. The first kappa shape index (κ1) is 15.3. The first-order chi connectivity index (χ1) is 9.32. The molecule has 0 N–H and O–H groups in total. The van der Waals surface area contributed by atoms with Gasteiger partial charge in [0.25, 0.3) is 0 Å². The molecular formula is C12H10BrClF3N3. The third kappa shape index (κ3) is 3.15. The Bertz CT molecular complexity index is 612. The van der Waals surface area contributed by atoms with Crippen LogP contribution in [0.1, 0.15) is 30.0 Å². The molecule has 0 aliphatic carbocycles. The average molecular weight is 369 g/mol. The fraction of sp³-hybridized carbons (Fsp3) is 0.333. The predicted molar refractivity (Wildman–Crippen MR) is 72.9 cm³/mol. The highest BCUT2D eigenvalue weighted by Crippen LogP contribution is 2.35. The Morgan fingerprint density at radius 3 is 2.70 bits per heavy atom. The van der Waals surface area contributed by atoms with Gasteiger partial charge in [-0.2, -0.15) is 13.2 Å². The zero-order valence-corrected chi connectivity index (χ0v) is 12.7. The molecule has 8 heteroatoms. The zero-order chi connectivity index (χ0) is 14.9. The largest absolute Gasteiger partial charge is 0.418 e. The van der Waals surface area contributed by atoms with Crippen molar-refractivity contribution in [3.8, 4) is 5.69 Å². The third-order valence-corrected chi connectivity index (χ3v) is 3.73. The van der Waals surface area contributed by atoms with E-state index in [2.05, 4.69) is 26.2 Å². The molecule has 0 fully saturated rings. The molecular weight excluding hydrogens is 359 g/mol. The van der Waals surface area contributed by atoms with Crippen molar-refractivity contribution in [2.24, 2.45) is 0 Å². The van der Waals surface area contributed by atoms with Crippen LogP contribution in [0.4, 0.5) is 13.2 Å². The molecule has 2 rings (SSSR count). The van der Waals surface area contributed by atoms with E-state index in [1.807, 2.05) is 6.92 Å². The number of aromatic nitrogens is 3. The van der Waals surface area contributed by atoms with E-state index in [1.54, 1.807) is 0 Å². The van der Waals surface area contributed by atoms with E-state index in [0.29, 0.717) is 16.6 Å². The first-order valence-electron chi connectivity index (χ1n) is 5.76. The highest BCUT2D eigenvalue weighted by atomic mass is 79.9. The molecule has 2 aromatic rings. The monoisotopic (exact) mass is 367 g/mol. The smallest absolute Gasteiger partial charge is 0.220 e. The Hall–Kier alpha value is -1.08. The van der Waals surface area contributed by atoms with E-state index >= 15 is 0 Å². The molecule has 1 aromatic heterocycles. The van der Waals surface area contributed by atoms with Crippen LogP contribution in [-0.2, 0) is 6.18 Å². The van der Waals surface area contributed by atoms with Gasteiger partial charge in [-0.15, -0.1) is 16.7 Å². The molecule has 1 aromatic carbocycles. The Morgan fingerprint density at radius 2 is 2.10 bits per heavy atom. The number of hydrogen-bond donors (Lipinski definition) is 0.